The number of rotatable bonds is 3. The van der Waals surface area contributed by atoms with E-state index in [0.29, 0.717) is 0 Å². The predicted molar refractivity (Wildman–Crippen MR) is 77.1 cm³/mol. The summed E-state index contributed by atoms with van der Waals surface area (Å²) in [5.74, 6) is -2.50. The van der Waals surface area contributed by atoms with E-state index < -0.39 is 34.9 Å². The van der Waals surface area contributed by atoms with E-state index in [4.69, 9.17) is 16.7 Å². The highest BCUT2D eigenvalue weighted by Gasteiger charge is 2.40. The van der Waals surface area contributed by atoms with Gasteiger partial charge in [-0.3, -0.25) is 9.48 Å². The van der Waals surface area contributed by atoms with E-state index in [0.717, 1.165) is 23.9 Å². The van der Waals surface area contributed by atoms with Crippen molar-refractivity contribution >= 4 is 29.2 Å². The summed E-state index contributed by atoms with van der Waals surface area (Å²) in [5, 5.41) is 14.4. The minimum Gasteiger partial charge on any atom is -0.478 e. The summed E-state index contributed by atoms with van der Waals surface area (Å²) >= 11 is 5.59. The summed E-state index contributed by atoms with van der Waals surface area (Å²) in [6.07, 6.45) is -3.74. The van der Waals surface area contributed by atoms with Gasteiger partial charge in [0.1, 0.15) is 16.4 Å². The maximum Gasteiger partial charge on any atom is 0.420 e. The molecular weight excluding hydrogens is 353 g/mol. The van der Waals surface area contributed by atoms with Crippen molar-refractivity contribution in [1.29, 1.82) is 0 Å². The van der Waals surface area contributed by atoms with Gasteiger partial charge >= 0.3 is 12.1 Å². The number of carboxylic acid groups (broad SMARTS) is 1. The topological polar surface area (TPSA) is 97.1 Å². The third-order valence-corrected chi connectivity index (χ3v) is 3.35. The molecule has 0 aliphatic rings. The van der Waals surface area contributed by atoms with Crippen LogP contribution < -0.4 is 5.32 Å². The van der Waals surface area contributed by atoms with Gasteiger partial charge in [-0.15, -0.1) is 0 Å². The molecular formula is C13H10ClF3N4O3. The Balaban J connectivity index is 2.42. The molecule has 0 spiro atoms. The fourth-order valence-corrected chi connectivity index (χ4v) is 2.30. The first kappa shape index (κ1) is 17.7. The third-order valence-electron chi connectivity index (χ3n) is 3.05. The molecule has 0 saturated heterocycles. The van der Waals surface area contributed by atoms with Crippen LogP contribution in [0.2, 0.25) is 5.15 Å². The average molecular weight is 363 g/mol. The second kappa shape index (κ2) is 6.11. The van der Waals surface area contributed by atoms with Crippen LogP contribution in [0.5, 0.6) is 0 Å². The zero-order chi connectivity index (χ0) is 18.2. The van der Waals surface area contributed by atoms with Gasteiger partial charge in [0.25, 0.3) is 5.91 Å². The van der Waals surface area contributed by atoms with Gasteiger partial charge in [0.05, 0.1) is 23.1 Å². The molecule has 128 valence electrons. The number of pyridine rings is 1. The Kier molecular flexibility index (Phi) is 4.52. The van der Waals surface area contributed by atoms with Crippen molar-refractivity contribution in [3.05, 3.63) is 39.9 Å². The molecule has 1 amide bonds. The van der Waals surface area contributed by atoms with Crippen molar-refractivity contribution in [3.8, 4) is 0 Å². The molecule has 0 aliphatic carbocycles. The molecule has 0 saturated carbocycles. The third kappa shape index (κ3) is 3.32. The molecule has 0 aromatic carbocycles. The molecule has 0 unspecified atom stereocenters. The van der Waals surface area contributed by atoms with E-state index >= 15 is 0 Å². The second-order valence-corrected chi connectivity index (χ2v) is 5.11. The number of halogens is 4. The lowest BCUT2D eigenvalue weighted by molar-refractivity contribution is -0.138. The molecule has 0 fully saturated rings. The van der Waals surface area contributed by atoms with Crippen LogP contribution in [0.1, 0.15) is 32.1 Å². The van der Waals surface area contributed by atoms with E-state index in [1.165, 1.54) is 7.05 Å². The molecule has 0 atom stereocenters. The van der Waals surface area contributed by atoms with E-state index in [2.05, 4.69) is 15.4 Å². The summed E-state index contributed by atoms with van der Waals surface area (Å²) < 4.78 is 40.1. The molecule has 2 aromatic rings. The smallest absolute Gasteiger partial charge is 0.420 e. The number of carboxylic acids is 1. The van der Waals surface area contributed by atoms with Crippen LogP contribution in [-0.4, -0.2) is 31.7 Å². The number of alkyl halides is 3. The Labute approximate surface area is 138 Å². The molecule has 11 heteroatoms. The van der Waals surface area contributed by atoms with Gasteiger partial charge in [-0.2, -0.15) is 18.3 Å². The van der Waals surface area contributed by atoms with Crippen LogP contribution in [0.15, 0.2) is 12.3 Å². The standard InChI is InChI=1S/C13H10ClF3N4O3/c1-5-8(13(15,16)17)9(21(2)20-5)11(22)19-6-3-7(12(23)24)10(14)18-4-6/h3-4H,1-2H3,(H,19,22)(H,23,24). The van der Waals surface area contributed by atoms with Gasteiger partial charge in [-0.1, -0.05) is 11.6 Å². The number of anilines is 1. The number of hydrogen-bond acceptors (Lipinski definition) is 4. The van der Waals surface area contributed by atoms with Crippen LogP contribution in [0.4, 0.5) is 18.9 Å². The number of carbonyl (C=O) groups is 2. The quantitative estimate of drug-likeness (QED) is 0.818. The Bertz CT molecular complexity index is 833. The van der Waals surface area contributed by atoms with Gasteiger partial charge in [-0.25, -0.2) is 9.78 Å². The number of aromatic carboxylic acids is 1. The van der Waals surface area contributed by atoms with Gasteiger partial charge in [0, 0.05) is 7.05 Å². The maximum atomic E-state index is 13.1. The summed E-state index contributed by atoms with van der Waals surface area (Å²) in [6.45, 7) is 1.13. The number of aromatic nitrogens is 3. The molecule has 2 aromatic heterocycles. The number of carbonyl (C=O) groups excluding carboxylic acids is 1. The van der Waals surface area contributed by atoms with Gasteiger partial charge in [0.15, 0.2) is 0 Å². The number of nitrogens with zero attached hydrogens (tertiary/aromatic N) is 3. The molecule has 0 radical (unpaired) electrons. The van der Waals surface area contributed by atoms with Crippen LogP contribution in [0, 0.1) is 6.92 Å². The van der Waals surface area contributed by atoms with Crippen LogP contribution in [-0.2, 0) is 13.2 Å². The highest BCUT2D eigenvalue weighted by molar-refractivity contribution is 6.32. The van der Waals surface area contributed by atoms with Crippen LogP contribution in [0.25, 0.3) is 0 Å². The van der Waals surface area contributed by atoms with Gasteiger partial charge in [0.2, 0.25) is 0 Å². The van der Waals surface area contributed by atoms with Gasteiger partial charge in [-0.05, 0) is 13.0 Å². The SMILES string of the molecule is Cc1nn(C)c(C(=O)Nc2cnc(Cl)c(C(=O)O)c2)c1C(F)(F)F. The molecule has 0 aliphatic heterocycles. The Morgan fingerprint density at radius 2 is 2.00 bits per heavy atom. The van der Waals surface area contributed by atoms with Crippen LogP contribution in [0.3, 0.4) is 0 Å². The highest BCUT2D eigenvalue weighted by Crippen LogP contribution is 2.34. The first-order chi connectivity index (χ1) is 11.0. The summed E-state index contributed by atoms with van der Waals surface area (Å²) in [4.78, 5) is 26.7. The van der Waals surface area contributed by atoms with Crippen molar-refractivity contribution in [1.82, 2.24) is 14.8 Å². The zero-order valence-electron chi connectivity index (χ0n) is 12.3. The monoisotopic (exact) mass is 362 g/mol. The first-order valence-corrected chi connectivity index (χ1v) is 6.71. The Hall–Kier alpha value is -2.62. The summed E-state index contributed by atoms with van der Waals surface area (Å²) in [6, 6.07) is 0.992. The average Bonchev–Trinajstić information content (AvgIpc) is 2.75. The minimum atomic E-state index is -4.77. The Morgan fingerprint density at radius 3 is 2.54 bits per heavy atom. The normalized spacial score (nSPS) is 11.4. The minimum absolute atomic E-state index is 0.117. The number of hydrogen-bond donors (Lipinski definition) is 2. The van der Waals surface area contributed by atoms with Crippen LogP contribution >= 0.6 is 11.6 Å². The first-order valence-electron chi connectivity index (χ1n) is 6.33. The van der Waals surface area contributed by atoms with Crippen molar-refractivity contribution < 1.29 is 27.9 Å². The number of amides is 1. The second-order valence-electron chi connectivity index (χ2n) is 4.75. The van der Waals surface area contributed by atoms with E-state index in [-0.39, 0.29) is 16.5 Å². The zero-order valence-corrected chi connectivity index (χ0v) is 13.0. The predicted octanol–water partition coefficient (Wildman–Crippen LogP) is 2.75. The fourth-order valence-electron chi connectivity index (χ4n) is 2.11. The van der Waals surface area contributed by atoms with Crippen molar-refractivity contribution in [2.75, 3.05) is 5.32 Å². The van der Waals surface area contributed by atoms with Crippen molar-refractivity contribution in [3.63, 3.8) is 0 Å². The lowest BCUT2D eigenvalue weighted by Crippen LogP contribution is -2.21. The van der Waals surface area contributed by atoms with Crippen molar-refractivity contribution in [2.45, 2.75) is 13.1 Å². The summed E-state index contributed by atoms with van der Waals surface area (Å²) in [7, 11) is 1.19. The lowest BCUT2D eigenvalue weighted by atomic mass is 10.1. The molecule has 24 heavy (non-hydrogen) atoms. The molecule has 0 bridgehead atoms. The lowest BCUT2D eigenvalue weighted by Gasteiger charge is -2.11. The number of aryl methyl sites for hydroxylation is 2. The maximum absolute atomic E-state index is 13.1. The van der Waals surface area contributed by atoms with Gasteiger partial charge < -0.3 is 10.4 Å². The fraction of sp³-hybridized carbons (Fsp3) is 0.231. The van der Waals surface area contributed by atoms with Crippen molar-refractivity contribution in [2.24, 2.45) is 7.05 Å². The summed E-state index contributed by atoms with van der Waals surface area (Å²) in [5.41, 5.74) is -2.73. The van der Waals surface area contributed by atoms with E-state index in [1.807, 2.05) is 0 Å². The molecule has 2 rings (SSSR count). The highest BCUT2D eigenvalue weighted by atomic mass is 35.5. The largest absolute Gasteiger partial charge is 0.478 e. The molecule has 2 heterocycles. The Morgan fingerprint density at radius 1 is 1.38 bits per heavy atom. The van der Waals surface area contributed by atoms with E-state index in [1.54, 1.807) is 0 Å². The number of nitrogens with one attached hydrogen (secondary N) is 1. The van der Waals surface area contributed by atoms with E-state index in [9.17, 15) is 22.8 Å². The molecule has 7 nitrogen and oxygen atoms in total. The molecule has 2 N–H and O–H groups in total.